The molecule has 1 N–H and O–H groups in total. The van der Waals surface area contributed by atoms with Crippen molar-refractivity contribution in [3.05, 3.63) is 29.3 Å². The number of ether oxygens (including phenoxy) is 1. The number of piperazine rings is 1. The smallest absolute Gasteiger partial charge is 0.383 e. The number of anilines is 1. The lowest BCUT2D eigenvalue weighted by atomic mass is 10.0. The van der Waals surface area contributed by atoms with Gasteiger partial charge in [-0.25, -0.2) is 0 Å². The van der Waals surface area contributed by atoms with E-state index < -0.39 is 29.3 Å². The molecule has 7 nitrogen and oxygen atoms in total. The van der Waals surface area contributed by atoms with Gasteiger partial charge in [0.25, 0.3) is 0 Å². The second-order valence-corrected chi connectivity index (χ2v) is 6.30. The third-order valence-electron chi connectivity index (χ3n) is 4.49. The average Bonchev–Trinajstić information content (AvgIpc) is 2.66. The Morgan fingerprint density at radius 2 is 2.07 bits per heavy atom. The molecule has 0 aliphatic carbocycles. The third kappa shape index (κ3) is 4.92. The van der Waals surface area contributed by atoms with E-state index in [0.29, 0.717) is 0 Å². The Hall–Kier alpha value is -2.80. The predicted octanol–water partition coefficient (Wildman–Crippen LogP) is 1.38. The van der Waals surface area contributed by atoms with E-state index in [1.54, 1.807) is 0 Å². The standard InChI is InChI=1S/C18H21F3N4O3/c1-12(26)24-6-7-25(16(11-24)17(27)23-5-8-28-2)14-4-3-13(10-22)15(9-14)18(19,20)21/h3-4,9,16H,5-8,11H2,1-2H3,(H,23,27). The van der Waals surface area contributed by atoms with Gasteiger partial charge in [0, 0.05) is 39.4 Å². The van der Waals surface area contributed by atoms with Gasteiger partial charge in [0.1, 0.15) is 6.04 Å². The Morgan fingerprint density at radius 1 is 1.36 bits per heavy atom. The van der Waals surface area contributed by atoms with Crippen LogP contribution >= 0.6 is 0 Å². The fourth-order valence-corrected chi connectivity index (χ4v) is 3.04. The van der Waals surface area contributed by atoms with Gasteiger partial charge in [0.2, 0.25) is 11.8 Å². The van der Waals surface area contributed by atoms with E-state index in [0.717, 1.165) is 12.1 Å². The number of nitrogens with one attached hydrogen (secondary N) is 1. The summed E-state index contributed by atoms with van der Waals surface area (Å²) < 4.78 is 44.8. The highest BCUT2D eigenvalue weighted by Gasteiger charge is 2.37. The molecule has 1 saturated heterocycles. The first-order chi connectivity index (χ1) is 13.2. The molecule has 1 aliphatic rings. The predicted molar refractivity (Wildman–Crippen MR) is 94.4 cm³/mol. The summed E-state index contributed by atoms with van der Waals surface area (Å²) in [6, 6.07) is 4.03. The molecule has 2 rings (SSSR count). The number of methoxy groups -OCH3 is 1. The van der Waals surface area contributed by atoms with Crippen LogP contribution in [0.25, 0.3) is 0 Å². The van der Waals surface area contributed by atoms with Gasteiger partial charge in [-0.15, -0.1) is 0 Å². The van der Waals surface area contributed by atoms with E-state index in [4.69, 9.17) is 10.00 Å². The number of carbonyl (C=O) groups is 2. The molecule has 0 saturated carbocycles. The van der Waals surface area contributed by atoms with E-state index in [-0.39, 0.29) is 44.4 Å². The van der Waals surface area contributed by atoms with Crippen LogP contribution in [0.1, 0.15) is 18.1 Å². The maximum Gasteiger partial charge on any atom is 0.417 e. The second kappa shape index (κ2) is 8.93. The number of benzene rings is 1. The number of alkyl halides is 3. The minimum absolute atomic E-state index is 0.0511. The van der Waals surface area contributed by atoms with Crippen LogP contribution in [-0.2, 0) is 20.5 Å². The Kier molecular flexibility index (Phi) is 6.85. The number of hydrogen-bond acceptors (Lipinski definition) is 5. The van der Waals surface area contributed by atoms with Crippen LogP contribution in [0.3, 0.4) is 0 Å². The minimum atomic E-state index is -4.70. The fourth-order valence-electron chi connectivity index (χ4n) is 3.04. The number of nitrogens with zero attached hydrogens (tertiary/aromatic N) is 3. The van der Waals surface area contributed by atoms with Gasteiger partial charge in [-0.2, -0.15) is 18.4 Å². The molecule has 1 atom stereocenters. The van der Waals surface area contributed by atoms with E-state index in [1.807, 2.05) is 0 Å². The monoisotopic (exact) mass is 398 g/mol. The molecule has 0 spiro atoms. The van der Waals surface area contributed by atoms with Crippen LogP contribution in [0.15, 0.2) is 18.2 Å². The van der Waals surface area contributed by atoms with Crippen molar-refractivity contribution in [1.29, 1.82) is 5.26 Å². The number of rotatable bonds is 5. The average molecular weight is 398 g/mol. The molecular weight excluding hydrogens is 377 g/mol. The lowest BCUT2D eigenvalue weighted by molar-refractivity contribution is -0.137. The minimum Gasteiger partial charge on any atom is -0.383 e. The van der Waals surface area contributed by atoms with E-state index >= 15 is 0 Å². The summed E-state index contributed by atoms with van der Waals surface area (Å²) in [4.78, 5) is 27.3. The molecule has 2 amide bonds. The molecule has 1 aliphatic heterocycles. The van der Waals surface area contributed by atoms with Gasteiger partial charge < -0.3 is 19.9 Å². The van der Waals surface area contributed by atoms with Crippen molar-refractivity contribution in [2.75, 3.05) is 44.8 Å². The Bertz CT molecular complexity index is 776. The molecular formula is C18H21F3N4O3. The largest absolute Gasteiger partial charge is 0.417 e. The number of carbonyl (C=O) groups excluding carboxylic acids is 2. The quantitative estimate of drug-likeness (QED) is 0.758. The van der Waals surface area contributed by atoms with Crippen LogP contribution in [0.4, 0.5) is 18.9 Å². The Labute approximate surface area is 160 Å². The molecule has 0 bridgehead atoms. The number of amides is 2. The first-order valence-electron chi connectivity index (χ1n) is 8.59. The number of hydrogen-bond donors (Lipinski definition) is 1. The summed E-state index contributed by atoms with van der Waals surface area (Å²) in [6.07, 6.45) is -4.70. The van der Waals surface area contributed by atoms with Crippen molar-refractivity contribution in [2.24, 2.45) is 0 Å². The first-order valence-corrected chi connectivity index (χ1v) is 8.59. The van der Waals surface area contributed by atoms with Crippen molar-refractivity contribution in [2.45, 2.75) is 19.1 Å². The maximum atomic E-state index is 13.3. The second-order valence-electron chi connectivity index (χ2n) is 6.30. The van der Waals surface area contributed by atoms with Crippen LogP contribution in [0.5, 0.6) is 0 Å². The molecule has 1 unspecified atom stereocenters. The highest BCUT2D eigenvalue weighted by atomic mass is 19.4. The highest BCUT2D eigenvalue weighted by Crippen LogP contribution is 2.35. The molecule has 1 fully saturated rings. The van der Waals surface area contributed by atoms with Gasteiger partial charge in [-0.3, -0.25) is 9.59 Å². The summed E-state index contributed by atoms with van der Waals surface area (Å²) in [5.74, 6) is -0.633. The summed E-state index contributed by atoms with van der Waals surface area (Å²) in [6.45, 7) is 2.41. The lowest BCUT2D eigenvalue weighted by Gasteiger charge is -2.41. The van der Waals surface area contributed by atoms with Crippen LogP contribution in [-0.4, -0.2) is 62.7 Å². The van der Waals surface area contributed by atoms with Gasteiger partial charge in [0.05, 0.1) is 30.3 Å². The van der Waals surface area contributed by atoms with Crippen molar-refractivity contribution in [1.82, 2.24) is 10.2 Å². The molecule has 1 aromatic rings. The SMILES string of the molecule is COCCNC(=O)C1CN(C(C)=O)CCN1c1ccc(C#N)c(C(F)(F)F)c1. The van der Waals surface area contributed by atoms with Gasteiger partial charge >= 0.3 is 6.18 Å². The first kappa shape index (κ1) is 21.5. The third-order valence-corrected chi connectivity index (χ3v) is 4.49. The van der Waals surface area contributed by atoms with Gasteiger partial charge in [-0.05, 0) is 18.2 Å². The Balaban J connectivity index is 2.36. The lowest BCUT2D eigenvalue weighted by Crippen LogP contribution is -2.60. The molecule has 0 aromatic heterocycles. The highest BCUT2D eigenvalue weighted by molar-refractivity contribution is 5.87. The van der Waals surface area contributed by atoms with E-state index in [2.05, 4.69) is 5.32 Å². The summed E-state index contributed by atoms with van der Waals surface area (Å²) >= 11 is 0. The zero-order valence-corrected chi connectivity index (χ0v) is 15.5. The molecule has 1 heterocycles. The molecule has 10 heteroatoms. The van der Waals surface area contributed by atoms with Crippen molar-refractivity contribution in [3.63, 3.8) is 0 Å². The van der Waals surface area contributed by atoms with Crippen molar-refractivity contribution < 1.29 is 27.5 Å². The Morgan fingerprint density at radius 3 is 2.64 bits per heavy atom. The molecule has 0 radical (unpaired) electrons. The number of halogens is 3. The normalized spacial score (nSPS) is 17.2. The maximum absolute atomic E-state index is 13.3. The van der Waals surface area contributed by atoms with E-state index in [1.165, 1.54) is 36.0 Å². The van der Waals surface area contributed by atoms with Crippen molar-refractivity contribution in [3.8, 4) is 6.07 Å². The van der Waals surface area contributed by atoms with Gasteiger partial charge in [-0.1, -0.05) is 0 Å². The van der Waals surface area contributed by atoms with Crippen LogP contribution in [0, 0.1) is 11.3 Å². The van der Waals surface area contributed by atoms with Gasteiger partial charge in [0.15, 0.2) is 0 Å². The molecule has 152 valence electrons. The molecule has 1 aromatic carbocycles. The summed E-state index contributed by atoms with van der Waals surface area (Å²) in [5, 5.41) is 11.6. The zero-order chi connectivity index (χ0) is 20.9. The number of nitriles is 1. The molecule has 28 heavy (non-hydrogen) atoms. The van der Waals surface area contributed by atoms with Crippen molar-refractivity contribution >= 4 is 17.5 Å². The van der Waals surface area contributed by atoms with Crippen LogP contribution < -0.4 is 10.2 Å². The summed E-state index contributed by atoms with van der Waals surface area (Å²) in [5.41, 5.74) is -1.37. The van der Waals surface area contributed by atoms with E-state index in [9.17, 15) is 22.8 Å². The van der Waals surface area contributed by atoms with Crippen LogP contribution in [0.2, 0.25) is 0 Å². The summed E-state index contributed by atoms with van der Waals surface area (Å²) in [7, 11) is 1.48. The topological polar surface area (TPSA) is 85.7 Å². The zero-order valence-electron chi connectivity index (χ0n) is 15.5. The fraction of sp³-hybridized carbons (Fsp3) is 0.500.